The van der Waals surface area contributed by atoms with Crippen LogP contribution in [0.5, 0.6) is 5.75 Å². The summed E-state index contributed by atoms with van der Waals surface area (Å²) in [4.78, 5) is 1.27. The highest BCUT2D eigenvalue weighted by molar-refractivity contribution is 7.98. The van der Waals surface area contributed by atoms with E-state index in [1.807, 2.05) is 12.1 Å². The highest BCUT2D eigenvalue weighted by Crippen LogP contribution is 2.24. The fraction of sp³-hybridized carbons (Fsp3) is 0.250. The summed E-state index contributed by atoms with van der Waals surface area (Å²) in [7, 11) is 1.69. The Morgan fingerprint density at radius 3 is 2.47 bits per heavy atom. The first kappa shape index (κ1) is 13.8. The van der Waals surface area contributed by atoms with Gasteiger partial charge in [0.1, 0.15) is 5.75 Å². The number of rotatable bonds is 5. The lowest BCUT2D eigenvalue weighted by atomic mass is 10.1. The molecule has 0 heterocycles. The molecule has 1 N–H and O–H groups in total. The SMILES string of the molecule is COc1ccc(C(C)Nc2cccc(SC)c2)cc1. The topological polar surface area (TPSA) is 21.3 Å². The van der Waals surface area contributed by atoms with Gasteiger partial charge in [-0.3, -0.25) is 0 Å². The maximum atomic E-state index is 5.17. The van der Waals surface area contributed by atoms with Crippen LogP contribution in [0.25, 0.3) is 0 Å². The van der Waals surface area contributed by atoms with Gasteiger partial charge in [-0.25, -0.2) is 0 Å². The quantitative estimate of drug-likeness (QED) is 0.805. The van der Waals surface area contributed by atoms with Crippen LogP contribution in [0.4, 0.5) is 5.69 Å². The number of anilines is 1. The van der Waals surface area contributed by atoms with Crippen LogP contribution in [0.15, 0.2) is 53.4 Å². The summed E-state index contributed by atoms with van der Waals surface area (Å²) in [6.07, 6.45) is 2.09. The Hall–Kier alpha value is -1.61. The third-order valence-corrected chi connectivity index (χ3v) is 3.79. The first-order valence-electron chi connectivity index (χ1n) is 6.27. The van der Waals surface area contributed by atoms with Crippen LogP contribution in [0, 0.1) is 0 Å². The fourth-order valence-corrected chi connectivity index (χ4v) is 2.40. The molecule has 3 heteroatoms. The van der Waals surface area contributed by atoms with E-state index in [0.29, 0.717) is 0 Å². The van der Waals surface area contributed by atoms with E-state index in [2.05, 4.69) is 54.9 Å². The first-order valence-corrected chi connectivity index (χ1v) is 7.50. The van der Waals surface area contributed by atoms with Crippen molar-refractivity contribution in [1.29, 1.82) is 0 Å². The molecule has 0 amide bonds. The Balaban J connectivity index is 2.08. The van der Waals surface area contributed by atoms with Crippen LogP contribution in [-0.4, -0.2) is 13.4 Å². The third kappa shape index (κ3) is 3.67. The summed E-state index contributed by atoms with van der Waals surface area (Å²) in [6.45, 7) is 2.16. The predicted molar refractivity (Wildman–Crippen MR) is 83.3 cm³/mol. The van der Waals surface area contributed by atoms with Crippen LogP contribution in [0.3, 0.4) is 0 Å². The second-order valence-corrected chi connectivity index (χ2v) is 5.25. The van der Waals surface area contributed by atoms with Crippen molar-refractivity contribution < 1.29 is 4.74 Å². The Kier molecular flexibility index (Phi) is 4.74. The monoisotopic (exact) mass is 273 g/mol. The number of ether oxygens (including phenoxy) is 1. The minimum atomic E-state index is 0.267. The molecule has 0 radical (unpaired) electrons. The van der Waals surface area contributed by atoms with Gasteiger partial charge < -0.3 is 10.1 Å². The van der Waals surface area contributed by atoms with Crippen LogP contribution in [0.2, 0.25) is 0 Å². The van der Waals surface area contributed by atoms with Crippen molar-refractivity contribution in [2.75, 3.05) is 18.7 Å². The molecule has 0 saturated heterocycles. The molecule has 0 saturated carbocycles. The summed E-state index contributed by atoms with van der Waals surface area (Å²) in [5.41, 5.74) is 2.39. The number of hydrogen-bond acceptors (Lipinski definition) is 3. The van der Waals surface area contributed by atoms with E-state index in [0.717, 1.165) is 11.4 Å². The van der Waals surface area contributed by atoms with E-state index >= 15 is 0 Å². The molecule has 19 heavy (non-hydrogen) atoms. The van der Waals surface area contributed by atoms with Gasteiger partial charge in [0.25, 0.3) is 0 Å². The lowest BCUT2D eigenvalue weighted by Crippen LogP contribution is -2.06. The number of methoxy groups -OCH3 is 1. The fourth-order valence-electron chi connectivity index (χ4n) is 1.94. The minimum Gasteiger partial charge on any atom is -0.497 e. The molecule has 2 aromatic rings. The van der Waals surface area contributed by atoms with Crippen molar-refractivity contribution in [3.63, 3.8) is 0 Å². The molecule has 100 valence electrons. The van der Waals surface area contributed by atoms with E-state index < -0.39 is 0 Å². The van der Waals surface area contributed by atoms with Gasteiger partial charge in [-0.2, -0.15) is 0 Å². The average Bonchev–Trinajstić information content (AvgIpc) is 2.47. The highest BCUT2D eigenvalue weighted by atomic mass is 32.2. The summed E-state index contributed by atoms with van der Waals surface area (Å²) in [5, 5.41) is 3.52. The molecule has 0 spiro atoms. The zero-order valence-corrected chi connectivity index (χ0v) is 12.3. The molecule has 2 aromatic carbocycles. The molecule has 0 bridgehead atoms. The molecule has 0 aromatic heterocycles. The van der Waals surface area contributed by atoms with E-state index in [9.17, 15) is 0 Å². The predicted octanol–water partition coefficient (Wildman–Crippen LogP) is 4.59. The van der Waals surface area contributed by atoms with Gasteiger partial charge in [-0.15, -0.1) is 11.8 Å². The van der Waals surface area contributed by atoms with Crippen LogP contribution >= 0.6 is 11.8 Å². The van der Waals surface area contributed by atoms with Gasteiger partial charge >= 0.3 is 0 Å². The second kappa shape index (κ2) is 6.53. The van der Waals surface area contributed by atoms with Crippen LogP contribution in [-0.2, 0) is 0 Å². The van der Waals surface area contributed by atoms with Gasteiger partial charge in [0.2, 0.25) is 0 Å². The smallest absolute Gasteiger partial charge is 0.118 e. The van der Waals surface area contributed by atoms with E-state index in [1.54, 1.807) is 18.9 Å². The minimum absolute atomic E-state index is 0.267. The zero-order chi connectivity index (χ0) is 13.7. The Bertz CT molecular complexity index is 525. The zero-order valence-electron chi connectivity index (χ0n) is 11.5. The second-order valence-electron chi connectivity index (χ2n) is 4.37. The largest absolute Gasteiger partial charge is 0.497 e. The van der Waals surface area contributed by atoms with Gasteiger partial charge in [0.05, 0.1) is 7.11 Å². The maximum Gasteiger partial charge on any atom is 0.118 e. The molecule has 1 atom stereocenters. The van der Waals surface area contributed by atoms with Crippen molar-refractivity contribution in [2.24, 2.45) is 0 Å². The lowest BCUT2D eigenvalue weighted by molar-refractivity contribution is 0.414. The molecule has 2 rings (SSSR count). The average molecular weight is 273 g/mol. The van der Waals surface area contributed by atoms with Crippen molar-refractivity contribution in [3.05, 3.63) is 54.1 Å². The van der Waals surface area contributed by atoms with Gasteiger partial charge in [0.15, 0.2) is 0 Å². The summed E-state index contributed by atoms with van der Waals surface area (Å²) in [5.74, 6) is 0.889. The summed E-state index contributed by atoms with van der Waals surface area (Å²) in [6, 6.07) is 16.9. The molecular formula is C16H19NOS. The third-order valence-electron chi connectivity index (χ3n) is 3.07. The lowest BCUT2D eigenvalue weighted by Gasteiger charge is -2.16. The summed E-state index contributed by atoms with van der Waals surface area (Å²) < 4.78 is 5.17. The molecule has 0 fully saturated rings. The Labute approximate surface area is 119 Å². The van der Waals surface area contributed by atoms with E-state index in [1.165, 1.54) is 10.5 Å². The van der Waals surface area contributed by atoms with Gasteiger partial charge in [-0.05, 0) is 49.1 Å². The number of benzene rings is 2. The Morgan fingerprint density at radius 2 is 1.84 bits per heavy atom. The van der Waals surface area contributed by atoms with E-state index in [4.69, 9.17) is 4.74 Å². The van der Waals surface area contributed by atoms with Gasteiger partial charge in [0, 0.05) is 16.6 Å². The van der Waals surface area contributed by atoms with Crippen molar-refractivity contribution in [2.45, 2.75) is 17.9 Å². The molecule has 2 nitrogen and oxygen atoms in total. The molecule has 0 aliphatic rings. The molecule has 0 aliphatic heterocycles. The normalized spacial score (nSPS) is 11.9. The highest BCUT2D eigenvalue weighted by Gasteiger charge is 2.05. The number of hydrogen-bond donors (Lipinski definition) is 1. The Morgan fingerprint density at radius 1 is 1.11 bits per heavy atom. The molecule has 1 unspecified atom stereocenters. The van der Waals surface area contributed by atoms with Crippen LogP contribution in [0.1, 0.15) is 18.5 Å². The standard InChI is InChI=1S/C16H19NOS/c1-12(13-7-9-15(18-2)10-8-13)17-14-5-4-6-16(11-14)19-3/h4-12,17H,1-3H3. The number of thioether (sulfide) groups is 1. The van der Waals surface area contributed by atoms with E-state index in [-0.39, 0.29) is 6.04 Å². The molecule has 0 aliphatic carbocycles. The molecular weight excluding hydrogens is 254 g/mol. The van der Waals surface area contributed by atoms with Crippen molar-refractivity contribution in [1.82, 2.24) is 0 Å². The maximum absolute atomic E-state index is 5.17. The van der Waals surface area contributed by atoms with Crippen LogP contribution < -0.4 is 10.1 Å². The summed E-state index contributed by atoms with van der Waals surface area (Å²) >= 11 is 1.75. The van der Waals surface area contributed by atoms with Crippen molar-refractivity contribution in [3.8, 4) is 5.75 Å². The number of nitrogens with one attached hydrogen (secondary N) is 1. The van der Waals surface area contributed by atoms with Crippen molar-refractivity contribution >= 4 is 17.4 Å². The first-order chi connectivity index (χ1) is 9.22. The van der Waals surface area contributed by atoms with Gasteiger partial charge in [-0.1, -0.05) is 18.2 Å².